The molecular formula is C31H28F3N3O3. The van der Waals surface area contributed by atoms with Gasteiger partial charge in [-0.3, -0.25) is 4.79 Å². The van der Waals surface area contributed by atoms with Crippen molar-refractivity contribution in [2.45, 2.75) is 19.7 Å². The monoisotopic (exact) mass is 547 g/mol. The molecule has 1 aromatic heterocycles. The van der Waals surface area contributed by atoms with Gasteiger partial charge in [0.2, 0.25) is 0 Å². The number of alkyl halides is 3. The minimum absolute atomic E-state index is 0.0611. The summed E-state index contributed by atoms with van der Waals surface area (Å²) in [6.07, 6.45) is -4.50. The Hall–Kier alpha value is -4.37. The van der Waals surface area contributed by atoms with Gasteiger partial charge in [-0.25, -0.2) is 4.98 Å². The lowest BCUT2D eigenvalue weighted by molar-refractivity contribution is -0.137. The molecule has 1 amide bonds. The fourth-order valence-corrected chi connectivity index (χ4v) is 4.42. The number of hydrogen-bond donors (Lipinski definition) is 1. The minimum Gasteiger partial charge on any atom is -0.489 e. The number of carbonyl (C=O) groups excluding carboxylic acids is 1. The van der Waals surface area contributed by atoms with Crippen LogP contribution in [0.3, 0.4) is 0 Å². The van der Waals surface area contributed by atoms with Crippen LogP contribution in [-0.2, 0) is 17.5 Å². The molecule has 0 spiro atoms. The van der Waals surface area contributed by atoms with Crippen LogP contribution in [-0.4, -0.2) is 37.2 Å². The van der Waals surface area contributed by atoms with Gasteiger partial charge in [0.25, 0.3) is 5.91 Å². The molecule has 1 saturated heterocycles. The van der Waals surface area contributed by atoms with Crippen LogP contribution in [0.15, 0.2) is 84.9 Å². The molecule has 9 heteroatoms. The molecule has 0 saturated carbocycles. The topological polar surface area (TPSA) is 63.7 Å². The zero-order valence-electron chi connectivity index (χ0n) is 21.9. The Balaban J connectivity index is 1.45. The van der Waals surface area contributed by atoms with Crippen molar-refractivity contribution >= 4 is 17.4 Å². The van der Waals surface area contributed by atoms with E-state index in [2.05, 4.69) is 10.2 Å². The van der Waals surface area contributed by atoms with Crippen LogP contribution in [0.5, 0.6) is 5.75 Å². The van der Waals surface area contributed by atoms with Crippen LogP contribution in [0.1, 0.15) is 27.0 Å². The van der Waals surface area contributed by atoms with Crippen LogP contribution in [0.4, 0.5) is 24.7 Å². The second-order valence-corrected chi connectivity index (χ2v) is 9.48. The number of nitrogens with one attached hydrogen (secondary N) is 1. The van der Waals surface area contributed by atoms with Crippen molar-refractivity contribution in [1.29, 1.82) is 0 Å². The molecule has 6 nitrogen and oxygen atoms in total. The Morgan fingerprint density at radius 1 is 0.975 bits per heavy atom. The first kappa shape index (κ1) is 27.2. The Morgan fingerprint density at radius 2 is 1.75 bits per heavy atom. The number of carbonyl (C=O) groups is 1. The number of hydrogen-bond acceptors (Lipinski definition) is 5. The van der Waals surface area contributed by atoms with Gasteiger partial charge in [0.1, 0.15) is 18.2 Å². The van der Waals surface area contributed by atoms with Gasteiger partial charge in [0, 0.05) is 42.0 Å². The number of aryl methyl sites for hydroxylation is 1. The lowest BCUT2D eigenvalue weighted by Gasteiger charge is -2.28. The highest BCUT2D eigenvalue weighted by Gasteiger charge is 2.30. The van der Waals surface area contributed by atoms with E-state index in [0.29, 0.717) is 49.9 Å². The highest BCUT2D eigenvalue weighted by Crippen LogP contribution is 2.32. The van der Waals surface area contributed by atoms with Crippen LogP contribution in [0, 0.1) is 6.92 Å². The Labute approximate surface area is 230 Å². The van der Waals surface area contributed by atoms with E-state index in [4.69, 9.17) is 14.5 Å². The van der Waals surface area contributed by atoms with Crippen LogP contribution in [0.25, 0.3) is 11.3 Å². The molecule has 206 valence electrons. The van der Waals surface area contributed by atoms with Crippen molar-refractivity contribution in [3.63, 3.8) is 0 Å². The average Bonchev–Trinajstić information content (AvgIpc) is 2.97. The standard InChI is InChI=1S/C31H28F3N3O3/c1-21-10-11-23(30(38)35-25-9-5-8-24(17-25)31(32,33)34)16-27(21)28-18-26(40-20-22-6-3-2-4-7-22)19-29(36-28)37-12-14-39-15-13-37/h2-11,16-19H,12-15,20H2,1H3,(H,35,38). The van der Waals surface area contributed by atoms with Crippen molar-refractivity contribution in [3.8, 4) is 17.0 Å². The highest BCUT2D eigenvalue weighted by molar-refractivity contribution is 6.05. The molecule has 0 bridgehead atoms. The Morgan fingerprint density at radius 3 is 2.50 bits per heavy atom. The van der Waals surface area contributed by atoms with Crippen molar-refractivity contribution in [1.82, 2.24) is 4.98 Å². The highest BCUT2D eigenvalue weighted by atomic mass is 19.4. The summed E-state index contributed by atoms with van der Waals surface area (Å²) in [6.45, 7) is 4.86. The first-order valence-corrected chi connectivity index (χ1v) is 12.9. The van der Waals surface area contributed by atoms with Gasteiger partial charge in [-0.1, -0.05) is 42.5 Å². The molecule has 0 atom stereocenters. The number of aromatic nitrogens is 1. The molecule has 0 aliphatic carbocycles. The number of halogens is 3. The second kappa shape index (κ2) is 11.8. The first-order valence-electron chi connectivity index (χ1n) is 12.9. The zero-order valence-corrected chi connectivity index (χ0v) is 21.9. The van der Waals surface area contributed by atoms with Gasteiger partial charge in [-0.15, -0.1) is 0 Å². The quantitative estimate of drug-likeness (QED) is 0.278. The third-order valence-electron chi connectivity index (χ3n) is 6.59. The van der Waals surface area contributed by atoms with E-state index in [1.807, 2.05) is 49.4 Å². The summed E-state index contributed by atoms with van der Waals surface area (Å²) in [7, 11) is 0. The molecule has 1 N–H and O–H groups in total. The summed E-state index contributed by atoms with van der Waals surface area (Å²) in [5.41, 5.74) is 2.78. The summed E-state index contributed by atoms with van der Waals surface area (Å²) in [5.74, 6) is 0.848. The van der Waals surface area contributed by atoms with Crippen molar-refractivity contribution in [3.05, 3.63) is 107 Å². The second-order valence-electron chi connectivity index (χ2n) is 9.48. The predicted octanol–water partition coefficient (Wildman–Crippen LogP) is 6.74. The molecule has 1 aliphatic heterocycles. The van der Waals surface area contributed by atoms with Gasteiger partial charge < -0.3 is 19.7 Å². The third kappa shape index (κ3) is 6.60. The van der Waals surface area contributed by atoms with Crippen molar-refractivity contribution < 1.29 is 27.4 Å². The number of nitrogens with zero attached hydrogens (tertiary/aromatic N) is 2. The summed E-state index contributed by atoms with van der Waals surface area (Å²) in [6, 6.07) is 23.3. The maximum atomic E-state index is 13.1. The first-order chi connectivity index (χ1) is 19.3. The van der Waals surface area contributed by atoms with Crippen molar-refractivity contribution in [2.24, 2.45) is 0 Å². The molecule has 2 heterocycles. The Bertz CT molecular complexity index is 1490. The van der Waals surface area contributed by atoms with Crippen LogP contribution in [0.2, 0.25) is 0 Å². The fraction of sp³-hybridized carbons (Fsp3) is 0.226. The third-order valence-corrected chi connectivity index (χ3v) is 6.59. The summed E-state index contributed by atoms with van der Waals surface area (Å²) in [5, 5.41) is 2.58. The number of rotatable bonds is 7. The summed E-state index contributed by atoms with van der Waals surface area (Å²) in [4.78, 5) is 20.1. The maximum absolute atomic E-state index is 13.1. The molecule has 40 heavy (non-hydrogen) atoms. The van der Waals surface area contributed by atoms with E-state index in [1.165, 1.54) is 12.1 Å². The van der Waals surface area contributed by atoms with E-state index in [9.17, 15) is 18.0 Å². The van der Waals surface area contributed by atoms with Gasteiger partial charge in [-0.05, 0) is 48.4 Å². The van der Waals surface area contributed by atoms with E-state index in [0.717, 1.165) is 34.6 Å². The molecule has 1 aliphatic rings. The molecule has 4 aromatic rings. The number of amides is 1. The fourth-order valence-electron chi connectivity index (χ4n) is 4.42. The van der Waals surface area contributed by atoms with E-state index >= 15 is 0 Å². The molecule has 0 radical (unpaired) electrons. The van der Waals surface area contributed by atoms with Gasteiger partial charge in [0.15, 0.2) is 0 Å². The maximum Gasteiger partial charge on any atom is 0.416 e. The minimum atomic E-state index is -4.50. The number of anilines is 2. The van der Waals surface area contributed by atoms with Gasteiger partial charge in [-0.2, -0.15) is 13.2 Å². The molecule has 5 rings (SSSR count). The molecular weight excluding hydrogens is 519 g/mol. The predicted molar refractivity (Wildman–Crippen MR) is 148 cm³/mol. The van der Waals surface area contributed by atoms with Gasteiger partial charge in [0.05, 0.1) is 24.5 Å². The van der Waals surface area contributed by atoms with E-state index in [-0.39, 0.29) is 5.69 Å². The number of benzene rings is 3. The molecule has 1 fully saturated rings. The van der Waals surface area contributed by atoms with E-state index in [1.54, 1.807) is 18.2 Å². The SMILES string of the molecule is Cc1ccc(C(=O)Nc2cccc(C(F)(F)F)c2)cc1-c1cc(OCc2ccccc2)cc(N2CCOCC2)n1. The summed E-state index contributed by atoms with van der Waals surface area (Å²) < 4.78 is 51.0. The lowest BCUT2D eigenvalue weighted by atomic mass is 10.0. The van der Waals surface area contributed by atoms with Crippen molar-refractivity contribution in [2.75, 3.05) is 36.5 Å². The molecule has 3 aromatic carbocycles. The molecule has 0 unspecified atom stereocenters. The normalized spacial score (nSPS) is 13.7. The number of pyridine rings is 1. The van der Waals surface area contributed by atoms with Gasteiger partial charge >= 0.3 is 6.18 Å². The number of ether oxygens (including phenoxy) is 2. The largest absolute Gasteiger partial charge is 0.489 e. The smallest absolute Gasteiger partial charge is 0.416 e. The van der Waals surface area contributed by atoms with Crippen LogP contribution < -0.4 is 15.0 Å². The average molecular weight is 548 g/mol. The zero-order chi connectivity index (χ0) is 28.1. The Kier molecular flexibility index (Phi) is 8.02. The van der Waals surface area contributed by atoms with Crippen LogP contribution >= 0.6 is 0 Å². The van der Waals surface area contributed by atoms with E-state index < -0.39 is 17.6 Å². The summed E-state index contributed by atoms with van der Waals surface area (Å²) >= 11 is 0. The lowest BCUT2D eigenvalue weighted by Crippen LogP contribution is -2.36. The number of morpholine rings is 1.